The summed E-state index contributed by atoms with van der Waals surface area (Å²) in [5.74, 6) is -2.75. The largest absolute Gasteiger partial charge is 0.359 e. The van der Waals surface area contributed by atoms with Crippen LogP contribution in [0.15, 0.2) is 40.4 Å². The summed E-state index contributed by atoms with van der Waals surface area (Å²) >= 11 is 3.50. The SMILES string of the molecule is CN[C@@H](C(=O)NC(C(=O)N(C)[C@H](/C=C(\C)C(=O)ON1C(=O)CCC1=O)C(C)C)C(C)(C)C)C(C)(C)c1cccc(Br)c1. The van der Waals surface area contributed by atoms with Gasteiger partial charge in [-0.2, -0.15) is 0 Å². The first-order valence-corrected chi connectivity index (χ1v) is 14.9. The molecule has 11 heteroatoms. The van der Waals surface area contributed by atoms with Crippen molar-refractivity contribution in [2.24, 2.45) is 11.3 Å². The molecule has 1 aliphatic rings. The summed E-state index contributed by atoms with van der Waals surface area (Å²) in [5, 5.41) is 6.64. The molecule has 0 bridgehead atoms. The molecule has 0 aliphatic carbocycles. The lowest BCUT2D eigenvalue weighted by molar-refractivity contribution is -0.194. The quantitative estimate of drug-likeness (QED) is 0.276. The Balaban J connectivity index is 2.31. The number of hydrogen-bond donors (Lipinski definition) is 2. The second kappa shape index (κ2) is 13.9. The van der Waals surface area contributed by atoms with Gasteiger partial charge < -0.3 is 20.4 Å². The van der Waals surface area contributed by atoms with Crippen LogP contribution in [0, 0.1) is 11.3 Å². The number of rotatable bonds is 11. The first-order chi connectivity index (χ1) is 19.3. The number of nitrogens with zero attached hydrogens (tertiary/aromatic N) is 2. The van der Waals surface area contributed by atoms with Gasteiger partial charge in [0, 0.05) is 35.4 Å². The molecule has 0 spiro atoms. The number of benzene rings is 1. The second-order valence-corrected chi connectivity index (χ2v) is 13.7. The van der Waals surface area contributed by atoms with Gasteiger partial charge in [-0.25, -0.2) is 4.79 Å². The molecule has 0 saturated carbocycles. The highest BCUT2D eigenvalue weighted by atomic mass is 79.9. The maximum atomic E-state index is 14.0. The average molecular weight is 650 g/mol. The Kier molecular flexibility index (Phi) is 11.7. The molecular formula is C31H45BrN4O6. The van der Waals surface area contributed by atoms with Crippen molar-refractivity contribution in [1.29, 1.82) is 0 Å². The number of carbonyl (C=O) groups excluding carboxylic acids is 5. The number of imide groups is 1. The smallest absolute Gasteiger partial charge is 0.342 e. The molecule has 3 atom stereocenters. The fraction of sp³-hybridized carbons (Fsp3) is 0.581. The minimum atomic E-state index is -0.883. The Hall–Kier alpha value is -3.05. The normalized spacial score (nSPS) is 16.8. The van der Waals surface area contributed by atoms with Gasteiger partial charge in [0.25, 0.3) is 11.8 Å². The van der Waals surface area contributed by atoms with Crippen molar-refractivity contribution in [2.75, 3.05) is 14.1 Å². The van der Waals surface area contributed by atoms with Crippen LogP contribution in [-0.4, -0.2) is 71.8 Å². The molecule has 232 valence electrons. The fourth-order valence-corrected chi connectivity index (χ4v) is 5.39. The van der Waals surface area contributed by atoms with E-state index in [1.165, 1.54) is 11.8 Å². The van der Waals surface area contributed by atoms with E-state index in [4.69, 9.17) is 4.84 Å². The molecule has 0 aromatic heterocycles. The zero-order valence-corrected chi connectivity index (χ0v) is 27.9. The number of hydroxylamine groups is 2. The maximum absolute atomic E-state index is 14.0. The summed E-state index contributed by atoms with van der Waals surface area (Å²) in [7, 11) is 3.34. The molecule has 2 N–H and O–H groups in total. The van der Waals surface area contributed by atoms with Gasteiger partial charge in [0.05, 0.1) is 12.1 Å². The van der Waals surface area contributed by atoms with Crippen LogP contribution < -0.4 is 10.6 Å². The Morgan fingerprint density at radius 2 is 1.62 bits per heavy atom. The van der Waals surface area contributed by atoms with E-state index in [9.17, 15) is 24.0 Å². The topological polar surface area (TPSA) is 125 Å². The highest BCUT2D eigenvalue weighted by Gasteiger charge is 2.42. The van der Waals surface area contributed by atoms with Gasteiger partial charge >= 0.3 is 5.97 Å². The monoisotopic (exact) mass is 648 g/mol. The van der Waals surface area contributed by atoms with Crippen molar-refractivity contribution in [3.05, 3.63) is 46.0 Å². The lowest BCUT2D eigenvalue weighted by Crippen LogP contribution is -2.61. The maximum Gasteiger partial charge on any atom is 0.359 e. The first-order valence-electron chi connectivity index (χ1n) is 14.1. The number of hydrogen-bond acceptors (Lipinski definition) is 7. The van der Waals surface area contributed by atoms with Crippen LogP contribution in [0.1, 0.15) is 73.8 Å². The third-order valence-electron chi connectivity index (χ3n) is 7.64. The van der Waals surface area contributed by atoms with Gasteiger partial charge in [0.15, 0.2) is 0 Å². The molecule has 0 radical (unpaired) electrons. The predicted octanol–water partition coefficient (Wildman–Crippen LogP) is 3.88. The summed E-state index contributed by atoms with van der Waals surface area (Å²) in [4.78, 5) is 70.8. The summed E-state index contributed by atoms with van der Waals surface area (Å²) < 4.78 is 0.901. The Morgan fingerprint density at radius 1 is 1.05 bits per heavy atom. The van der Waals surface area contributed by atoms with Gasteiger partial charge in [-0.15, -0.1) is 5.06 Å². The van der Waals surface area contributed by atoms with E-state index in [1.807, 2.05) is 72.7 Å². The van der Waals surface area contributed by atoms with Crippen molar-refractivity contribution in [3.63, 3.8) is 0 Å². The van der Waals surface area contributed by atoms with Gasteiger partial charge in [-0.1, -0.05) is 82.6 Å². The highest BCUT2D eigenvalue weighted by molar-refractivity contribution is 9.10. The number of halogens is 1. The summed E-state index contributed by atoms with van der Waals surface area (Å²) in [6, 6.07) is 5.69. The van der Waals surface area contributed by atoms with Crippen LogP contribution in [0.25, 0.3) is 0 Å². The molecule has 1 heterocycles. The fourth-order valence-electron chi connectivity index (χ4n) is 4.99. The molecule has 1 aromatic rings. The van der Waals surface area contributed by atoms with Gasteiger partial charge in [-0.05, 0) is 43.0 Å². The minimum Gasteiger partial charge on any atom is -0.342 e. The molecule has 1 saturated heterocycles. The van der Waals surface area contributed by atoms with E-state index in [0.29, 0.717) is 5.06 Å². The molecule has 1 fully saturated rings. The lowest BCUT2D eigenvalue weighted by atomic mass is 9.76. The van der Waals surface area contributed by atoms with Gasteiger partial charge in [0.2, 0.25) is 11.8 Å². The summed E-state index contributed by atoms with van der Waals surface area (Å²) in [6.45, 7) is 14.9. The van der Waals surface area contributed by atoms with Crippen LogP contribution in [0.3, 0.4) is 0 Å². The Bertz CT molecular complexity index is 1220. The van der Waals surface area contributed by atoms with E-state index in [0.717, 1.165) is 10.0 Å². The summed E-state index contributed by atoms with van der Waals surface area (Å²) in [6.07, 6.45) is 1.58. The molecule has 2 rings (SSSR count). The van der Waals surface area contributed by atoms with Crippen molar-refractivity contribution < 1.29 is 28.8 Å². The molecular weight excluding hydrogens is 604 g/mol. The van der Waals surface area contributed by atoms with E-state index in [1.54, 1.807) is 20.2 Å². The zero-order chi connectivity index (χ0) is 32.2. The highest BCUT2D eigenvalue weighted by Crippen LogP contribution is 2.30. The molecule has 42 heavy (non-hydrogen) atoms. The van der Waals surface area contributed by atoms with Crippen molar-refractivity contribution in [3.8, 4) is 0 Å². The van der Waals surface area contributed by atoms with E-state index in [-0.39, 0.29) is 36.1 Å². The van der Waals surface area contributed by atoms with E-state index in [2.05, 4.69) is 26.6 Å². The molecule has 10 nitrogen and oxygen atoms in total. The predicted molar refractivity (Wildman–Crippen MR) is 164 cm³/mol. The van der Waals surface area contributed by atoms with Crippen LogP contribution in [0.4, 0.5) is 0 Å². The van der Waals surface area contributed by atoms with Crippen molar-refractivity contribution >= 4 is 45.5 Å². The number of amides is 4. The van der Waals surface area contributed by atoms with Crippen molar-refractivity contribution in [1.82, 2.24) is 20.6 Å². The van der Waals surface area contributed by atoms with Crippen LogP contribution in [0.2, 0.25) is 0 Å². The second-order valence-electron chi connectivity index (χ2n) is 12.8. The Morgan fingerprint density at radius 3 is 2.10 bits per heavy atom. The standard InChI is InChI=1S/C31H45BrN4O6/c1-18(2)22(16-19(3)29(41)42-36-23(37)14-15-24(36)38)35(10)28(40)26(30(4,5)6)34-27(39)25(33-9)31(7,8)20-12-11-13-21(32)17-20/h11-13,16-18,22,25-26,33H,14-15H2,1-10H3,(H,34,39)/b19-16+/t22-,25+,26?/m1/s1. The average Bonchev–Trinajstić information content (AvgIpc) is 3.20. The van der Waals surface area contributed by atoms with E-state index < -0.39 is 46.7 Å². The third kappa shape index (κ3) is 8.28. The van der Waals surface area contributed by atoms with Gasteiger partial charge in [-0.3, -0.25) is 19.2 Å². The van der Waals surface area contributed by atoms with Crippen LogP contribution in [-0.2, 0) is 34.2 Å². The number of carbonyl (C=O) groups is 5. The first kappa shape index (κ1) is 35.1. The Labute approximate surface area is 257 Å². The van der Waals surface area contributed by atoms with Crippen molar-refractivity contribution in [2.45, 2.75) is 91.8 Å². The molecule has 1 unspecified atom stereocenters. The number of nitrogens with one attached hydrogen (secondary N) is 2. The minimum absolute atomic E-state index is 0.00483. The molecule has 1 aromatic carbocycles. The summed E-state index contributed by atoms with van der Waals surface area (Å²) in [5.41, 5.74) is -0.164. The van der Waals surface area contributed by atoms with Gasteiger partial charge in [0.1, 0.15) is 6.04 Å². The van der Waals surface area contributed by atoms with Crippen LogP contribution in [0.5, 0.6) is 0 Å². The zero-order valence-electron chi connectivity index (χ0n) is 26.3. The molecule has 1 aliphatic heterocycles. The number of likely N-dealkylation sites (N-methyl/N-ethyl adjacent to an activating group) is 2. The van der Waals surface area contributed by atoms with E-state index >= 15 is 0 Å². The molecule has 4 amide bonds. The van der Waals surface area contributed by atoms with Crippen LogP contribution >= 0.6 is 15.9 Å². The third-order valence-corrected chi connectivity index (χ3v) is 8.13. The lowest BCUT2D eigenvalue weighted by Gasteiger charge is -2.40.